The summed E-state index contributed by atoms with van der Waals surface area (Å²) in [4.78, 5) is 15.3. The van der Waals surface area contributed by atoms with Crippen molar-refractivity contribution in [1.82, 2.24) is 10.3 Å². The number of fused-ring (bicyclic) bond motifs is 1. The maximum Gasteiger partial charge on any atom is 0.267 e. The molecule has 0 fully saturated rings. The molecule has 0 saturated heterocycles. The number of para-hydroxylation sites is 1. The molecule has 0 bridgehead atoms. The third-order valence-corrected chi connectivity index (χ3v) is 3.89. The Balaban J connectivity index is 1.57. The van der Waals surface area contributed by atoms with Crippen LogP contribution < -0.4 is 5.32 Å². The second kappa shape index (κ2) is 5.95. The van der Waals surface area contributed by atoms with Gasteiger partial charge in [0.1, 0.15) is 5.69 Å². The van der Waals surface area contributed by atoms with Crippen molar-refractivity contribution in [2.24, 2.45) is 0 Å². The van der Waals surface area contributed by atoms with Crippen molar-refractivity contribution in [3.05, 3.63) is 47.7 Å². The maximum absolute atomic E-state index is 12.1. The van der Waals surface area contributed by atoms with Gasteiger partial charge in [-0.2, -0.15) is 0 Å². The van der Waals surface area contributed by atoms with Gasteiger partial charge in [0.2, 0.25) is 0 Å². The summed E-state index contributed by atoms with van der Waals surface area (Å²) in [6.45, 7) is 0.722. The number of aromatic amines is 1. The Morgan fingerprint density at radius 3 is 2.95 bits per heavy atom. The summed E-state index contributed by atoms with van der Waals surface area (Å²) in [5.74, 6) is -0.0161. The van der Waals surface area contributed by atoms with E-state index in [9.17, 15) is 4.79 Å². The molecule has 3 rings (SSSR count). The molecule has 1 aliphatic rings. The second-order valence-electron chi connectivity index (χ2n) is 5.38. The average molecular weight is 268 g/mol. The molecule has 1 heterocycles. The zero-order chi connectivity index (χ0) is 13.8. The Labute approximate surface area is 119 Å². The normalized spacial score (nSPS) is 15.1. The van der Waals surface area contributed by atoms with E-state index in [1.54, 1.807) is 0 Å². The number of rotatable bonds is 4. The Kier molecular flexibility index (Phi) is 3.86. The fourth-order valence-corrected chi connectivity index (χ4v) is 2.76. The van der Waals surface area contributed by atoms with Crippen molar-refractivity contribution in [2.45, 2.75) is 32.1 Å². The number of carbonyl (C=O) groups is 1. The minimum absolute atomic E-state index is 0.0161. The van der Waals surface area contributed by atoms with Gasteiger partial charge in [-0.05, 0) is 44.2 Å². The predicted octanol–water partition coefficient (Wildman–Crippen LogP) is 3.79. The van der Waals surface area contributed by atoms with E-state index in [-0.39, 0.29) is 5.91 Å². The molecule has 0 saturated carbocycles. The molecule has 1 aromatic carbocycles. The van der Waals surface area contributed by atoms with Gasteiger partial charge in [-0.1, -0.05) is 29.8 Å². The summed E-state index contributed by atoms with van der Waals surface area (Å²) in [7, 11) is 0. The Morgan fingerprint density at radius 1 is 1.25 bits per heavy atom. The smallest absolute Gasteiger partial charge is 0.267 e. The largest absolute Gasteiger partial charge is 0.351 e. The lowest BCUT2D eigenvalue weighted by Crippen LogP contribution is -2.25. The van der Waals surface area contributed by atoms with Gasteiger partial charge in [0.15, 0.2) is 0 Å². The standard InChI is InChI=1S/C17H20N2O/c20-17(18-11-10-13-6-2-1-3-7-13)16-12-14-8-4-5-9-15(14)19-16/h4-6,8-9,12,19H,1-3,7,10-11H2,(H,18,20). The number of allylic oxidation sites excluding steroid dienone is 1. The molecule has 1 amide bonds. The summed E-state index contributed by atoms with van der Waals surface area (Å²) >= 11 is 0. The van der Waals surface area contributed by atoms with Gasteiger partial charge in [-0.3, -0.25) is 4.79 Å². The molecule has 3 nitrogen and oxygen atoms in total. The fourth-order valence-electron chi connectivity index (χ4n) is 2.76. The second-order valence-corrected chi connectivity index (χ2v) is 5.38. The van der Waals surface area contributed by atoms with Gasteiger partial charge >= 0.3 is 0 Å². The number of aromatic nitrogens is 1. The fraction of sp³-hybridized carbons (Fsp3) is 0.353. The van der Waals surface area contributed by atoms with Gasteiger partial charge in [-0.15, -0.1) is 0 Å². The first-order valence-electron chi connectivity index (χ1n) is 7.37. The van der Waals surface area contributed by atoms with E-state index in [1.807, 2.05) is 30.3 Å². The zero-order valence-electron chi connectivity index (χ0n) is 11.6. The monoisotopic (exact) mass is 268 g/mol. The van der Waals surface area contributed by atoms with E-state index >= 15 is 0 Å². The number of nitrogens with one attached hydrogen (secondary N) is 2. The number of hydrogen-bond acceptors (Lipinski definition) is 1. The van der Waals surface area contributed by atoms with E-state index in [4.69, 9.17) is 0 Å². The minimum Gasteiger partial charge on any atom is -0.351 e. The minimum atomic E-state index is -0.0161. The lowest BCUT2D eigenvalue weighted by Gasteiger charge is -2.12. The van der Waals surface area contributed by atoms with Crippen LogP contribution in [0.5, 0.6) is 0 Å². The van der Waals surface area contributed by atoms with Crippen LogP contribution in [0.25, 0.3) is 10.9 Å². The van der Waals surface area contributed by atoms with Gasteiger partial charge in [0.25, 0.3) is 5.91 Å². The zero-order valence-corrected chi connectivity index (χ0v) is 11.6. The quantitative estimate of drug-likeness (QED) is 0.814. The molecule has 2 N–H and O–H groups in total. The van der Waals surface area contributed by atoms with Gasteiger partial charge in [0.05, 0.1) is 0 Å². The highest BCUT2D eigenvalue weighted by atomic mass is 16.1. The Morgan fingerprint density at radius 2 is 2.15 bits per heavy atom. The highest BCUT2D eigenvalue weighted by molar-refractivity contribution is 5.97. The highest BCUT2D eigenvalue weighted by Gasteiger charge is 2.09. The van der Waals surface area contributed by atoms with E-state index in [0.29, 0.717) is 5.69 Å². The SMILES string of the molecule is O=C(NCCC1=CCCCC1)c1cc2ccccc2[nH]1. The van der Waals surface area contributed by atoms with Crippen LogP contribution in [0.4, 0.5) is 0 Å². The van der Waals surface area contributed by atoms with Crippen molar-refractivity contribution in [2.75, 3.05) is 6.54 Å². The Hall–Kier alpha value is -2.03. The summed E-state index contributed by atoms with van der Waals surface area (Å²) in [5, 5.41) is 4.07. The molecule has 0 aliphatic heterocycles. The predicted molar refractivity (Wildman–Crippen MR) is 81.8 cm³/mol. The molecular formula is C17H20N2O. The first kappa shape index (κ1) is 13.0. The molecule has 1 aliphatic carbocycles. The third-order valence-electron chi connectivity index (χ3n) is 3.89. The Bertz CT molecular complexity index is 606. The molecule has 20 heavy (non-hydrogen) atoms. The number of amides is 1. The van der Waals surface area contributed by atoms with Gasteiger partial charge < -0.3 is 10.3 Å². The van der Waals surface area contributed by atoms with Crippen LogP contribution in [-0.2, 0) is 0 Å². The topological polar surface area (TPSA) is 44.9 Å². The molecular weight excluding hydrogens is 248 g/mol. The van der Waals surface area contributed by atoms with Crippen molar-refractivity contribution >= 4 is 16.8 Å². The van der Waals surface area contributed by atoms with Crippen LogP contribution in [0.1, 0.15) is 42.6 Å². The van der Waals surface area contributed by atoms with Crippen LogP contribution in [0.2, 0.25) is 0 Å². The van der Waals surface area contributed by atoms with Gasteiger partial charge in [0, 0.05) is 17.4 Å². The highest BCUT2D eigenvalue weighted by Crippen LogP contribution is 2.19. The number of carbonyl (C=O) groups excluding carboxylic acids is 1. The number of H-pyrrole nitrogens is 1. The lowest BCUT2D eigenvalue weighted by atomic mass is 9.97. The van der Waals surface area contributed by atoms with Crippen molar-refractivity contribution in [1.29, 1.82) is 0 Å². The van der Waals surface area contributed by atoms with Gasteiger partial charge in [-0.25, -0.2) is 0 Å². The molecule has 104 valence electrons. The van der Waals surface area contributed by atoms with Crippen LogP contribution in [0.15, 0.2) is 42.0 Å². The van der Waals surface area contributed by atoms with Crippen LogP contribution in [-0.4, -0.2) is 17.4 Å². The number of benzene rings is 1. The van der Waals surface area contributed by atoms with E-state index < -0.39 is 0 Å². The summed E-state index contributed by atoms with van der Waals surface area (Å²) in [5.41, 5.74) is 3.14. The average Bonchev–Trinajstić information content (AvgIpc) is 2.92. The molecule has 2 aromatic rings. The molecule has 1 aromatic heterocycles. The molecule has 0 atom stereocenters. The summed E-state index contributed by atoms with van der Waals surface area (Å²) in [6.07, 6.45) is 8.31. The van der Waals surface area contributed by atoms with Crippen molar-refractivity contribution in [3.8, 4) is 0 Å². The first-order chi connectivity index (χ1) is 9.83. The van der Waals surface area contributed by atoms with Crippen LogP contribution >= 0.6 is 0 Å². The molecule has 0 unspecified atom stereocenters. The molecule has 3 heteroatoms. The molecule has 0 spiro atoms. The van der Waals surface area contributed by atoms with Crippen LogP contribution in [0, 0.1) is 0 Å². The third kappa shape index (κ3) is 2.93. The van der Waals surface area contributed by atoms with Crippen molar-refractivity contribution in [3.63, 3.8) is 0 Å². The summed E-state index contributed by atoms with van der Waals surface area (Å²) in [6, 6.07) is 9.85. The maximum atomic E-state index is 12.1. The van der Waals surface area contributed by atoms with Crippen LogP contribution in [0.3, 0.4) is 0 Å². The van der Waals surface area contributed by atoms with E-state index in [2.05, 4.69) is 16.4 Å². The number of hydrogen-bond donors (Lipinski definition) is 2. The molecule has 0 radical (unpaired) electrons. The van der Waals surface area contributed by atoms with E-state index in [1.165, 1.54) is 31.3 Å². The lowest BCUT2D eigenvalue weighted by molar-refractivity contribution is 0.0950. The van der Waals surface area contributed by atoms with E-state index in [0.717, 1.165) is 23.9 Å². The first-order valence-corrected chi connectivity index (χ1v) is 7.37. The van der Waals surface area contributed by atoms with Crippen molar-refractivity contribution < 1.29 is 4.79 Å². The summed E-state index contributed by atoms with van der Waals surface area (Å²) < 4.78 is 0.